The van der Waals surface area contributed by atoms with E-state index < -0.39 is 28.6 Å². The Labute approximate surface area is 200 Å². The van der Waals surface area contributed by atoms with Crippen molar-refractivity contribution in [1.82, 2.24) is 5.32 Å². The third kappa shape index (κ3) is 3.00. The highest BCUT2D eigenvalue weighted by atomic mass is 79.9. The Kier molecular flexibility index (Phi) is 5.20. The van der Waals surface area contributed by atoms with Gasteiger partial charge in [-0.3, -0.25) is 14.4 Å². The molecule has 166 valence electrons. The quantitative estimate of drug-likeness (QED) is 0.221. The van der Waals surface area contributed by atoms with Crippen LogP contribution in [-0.4, -0.2) is 17.7 Å². The van der Waals surface area contributed by atoms with Crippen LogP contribution in [0.4, 0.5) is 0 Å². The molecule has 1 amide bonds. The minimum atomic E-state index is -1.61. The molecule has 0 aromatic heterocycles. The van der Waals surface area contributed by atoms with Gasteiger partial charge in [-0.25, -0.2) is 0 Å². The van der Waals surface area contributed by atoms with Crippen LogP contribution in [0.25, 0.3) is 0 Å². The van der Waals surface area contributed by atoms with E-state index >= 15 is 0 Å². The summed E-state index contributed by atoms with van der Waals surface area (Å²) in [5, 5.41) is 2.92. The maximum Gasteiger partial charge on any atom is 0.328 e. The zero-order valence-corrected chi connectivity index (χ0v) is 19.6. The number of esters is 1. The number of carbonyl (C=O) groups excluding carboxylic acids is 3. The fourth-order valence-corrected chi connectivity index (χ4v) is 5.87. The Morgan fingerprint density at radius 1 is 1.00 bits per heavy atom. The number of ether oxygens (including phenoxy) is 1. The smallest absolute Gasteiger partial charge is 0.328 e. The molecule has 1 fully saturated rings. The molecule has 3 aromatic carbocycles. The molecule has 1 saturated carbocycles. The highest BCUT2D eigenvalue weighted by Gasteiger charge is 2.89. The molecule has 1 aliphatic carbocycles. The van der Waals surface area contributed by atoms with Gasteiger partial charge in [0.15, 0.2) is 11.2 Å². The molecule has 2 aliphatic rings. The Morgan fingerprint density at radius 3 is 2.33 bits per heavy atom. The molecular formula is C27H22BrNO4. The van der Waals surface area contributed by atoms with E-state index in [0.29, 0.717) is 23.3 Å². The van der Waals surface area contributed by atoms with Gasteiger partial charge in [0.05, 0.1) is 5.41 Å². The third-order valence-corrected chi connectivity index (χ3v) is 7.50. The molecule has 0 bridgehead atoms. The van der Waals surface area contributed by atoms with E-state index in [1.807, 2.05) is 49.4 Å². The zero-order valence-electron chi connectivity index (χ0n) is 18.0. The molecule has 6 heteroatoms. The molecule has 0 saturated heterocycles. The van der Waals surface area contributed by atoms with Gasteiger partial charge in [0.25, 0.3) is 0 Å². The van der Waals surface area contributed by atoms with Crippen LogP contribution < -0.4 is 10.1 Å². The van der Waals surface area contributed by atoms with Crippen LogP contribution in [0.1, 0.15) is 40.7 Å². The van der Waals surface area contributed by atoms with Gasteiger partial charge in [-0.1, -0.05) is 83.5 Å². The summed E-state index contributed by atoms with van der Waals surface area (Å²) in [6.45, 7) is 2.11. The lowest BCUT2D eigenvalue weighted by molar-refractivity contribution is -0.149. The van der Waals surface area contributed by atoms with Crippen molar-refractivity contribution in [2.75, 3.05) is 0 Å². The minimum absolute atomic E-state index is 0.213. The molecule has 1 N–H and O–H groups in total. The number of rotatable bonds is 6. The second-order valence-electron chi connectivity index (χ2n) is 8.50. The maximum atomic E-state index is 14.0. The molecule has 0 radical (unpaired) electrons. The molecule has 33 heavy (non-hydrogen) atoms. The topological polar surface area (TPSA) is 72.5 Å². The SMILES string of the molecule is CCC1(C(=O)c2ccccc2)C2c3cc(Br)ccc3OC(=O)C21C(=O)NCc1ccccc1. The Balaban J connectivity index is 1.63. The lowest BCUT2D eigenvalue weighted by Gasteiger charge is -2.24. The molecule has 3 unspecified atom stereocenters. The number of nitrogens with one attached hydrogen (secondary N) is 1. The number of carbonyl (C=O) groups is 3. The number of benzene rings is 3. The number of Topliss-reactive ketones (excluding diaryl/α,β-unsaturated/α-hetero) is 1. The van der Waals surface area contributed by atoms with Crippen LogP contribution in [0, 0.1) is 10.8 Å². The highest BCUT2D eigenvalue weighted by Crippen LogP contribution is 2.80. The van der Waals surface area contributed by atoms with E-state index in [9.17, 15) is 14.4 Å². The van der Waals surface area contributed by atoms with Gasteiger partial charge in [0, 0.05) is 28.1 Å². The van der Waals surface area contributed by atoms with Crippen molar-refractivity contribution in [2.45, 2.75) is 25.8 Å². The maximum absolute atomic E-state index is 14.0. The lowest BCUT2D eigenvalue weighted by Crippen LogP contribution is -2.45. The Morgan fingerprint density at radius 2 is 1.67 bits per heavy atom. The molecule has 0 spiro atoms. The standard InChI is InChI=1S/C27H22BrNO4/c1-2-26(23(30)18-11-7-4-8-12-18)22-20-15-19(28)13-14-21(20)33-25(32)27(22,26)24(31)29-16-17-9-5-3-6-10-17/h3-15,22H,2,16H2,1H3,(H,29,31). The largest absolute Gasteiger partial charge is 0.425 e. The van der Waals surface area contributed by atoms with E-state index in [4.69, 9.17) is 4.74 Å². The van der Waals surface area contributed by atoms with Crippen molar-refractivity contribution in [3.05, 3.63) is 100 Å². The van der Waals surface area contributed by atoms with Gasteiger partial charge >= 0.3 is 5.97 Å². The highest BCUT2D eigenvalue weighted by molar-refractivity contribution is 9.10. The number of hydrogen-bond acceptors (Lipinski definition) is 4. The number of amides is 1. The lowest BCUT2D eigenvalue weighted by atomic mass is 9.82. The molecule has 5 nitrogen and oxygen atoms in total. The first kappa shape index (κ1) is 21.6. The van der Waals surface area contributed by atoms with E-state index in [-0.39, 0.29) is 12.3 Å². The summed E-state index contributed by atoms with van der Waals surface area (Å²) in [6.07, 6.45) is 0.325. The number of fused-ring (bicyclic) bond motifs is 3. The molecular weight excluding hydrogens is 482 g/mol. The summed E-state index contributed by atoms with van der Waals surface area (Å²) >= 11 is 3.48. The van der Waals surface area contributed by atoms with Crippen molar-refractivity contribution in [1.29, 1.82) is 0 Å². The Bertz CT molecular complexity index is 1260. The summed E-state index contributed by atoms with van der Waals surface area (Å²) in [6, 6.07) is 23.7. The van der Waals surface area contributed by atoms with Gasteiger partial charge < -0.3 is 10.1 Å². The van der Waals surface area contributed by atoms with Crippen molar-refractivity contribution < 1.29 is 19.1 Å². The average Bonchev–Trinajstić information content (AvgIpc) is 3.50. The van der Waals surface area contributed by atoms with Gasteiger partial charge in [0.1, 0.15) is 5.75 Å². The summed E-state index contributed by atoms with van der Waals surface area (Å²) in [4.78, 5) is 41.2. The third-order valence-electron chi connectivity index (χ3n) is 7.01. The van der Waals surface area contributed by atoms with E-state index in [0.717, 1.165) is 10.0 Å². The first-order valence-corrected chi connectivity index (χ1v) is 11.7. The molecule has 1 heterocycles. The van der Waals surface area contributed by atoms with Crippen LogP contribution in [0.15, 0.2) is 83.3 Å². The van der Waals surface area contributed by atoms with Crippen molar-refractivity contribution in [2.24, 2.45) is 10.8 Å². The zero-order chi connectivity index (χ0) is 23.2. The second kappa shape index (κ2) is 7.96. The summed E-state index contributed by atoms with van der Waals surface area (Å²) in [5.74, 6) is -1.56. The normalized spacial score (nSPS) is 24.8. The van der Waals surface area contributed by atoms with Crippen LogP contribution in [0.2, 0.25) is 0 Å². The summed E-state index contributed by atoms with van der Waals surface area (Å²) in [5.41, 5.74) is -0.753. The van der Waals surface area contributed by atoms with Gasteiger partial charge in [-0.05, 0) is 30.2 Å². The minimum Gasteiger partial charge on any atom is -0.425 e. The van der Waals surface area contributed by atoms with Crippen molar-refractivity contribution >= 4 is 33.6 Å². The molecule has 3 aromatic rings. The summed E-state index contributed by atoms with van der Waals surface area (Å²) < 4.78 is 6.48. The summed E-state index contributed by atoms with van der Waals surface area (Å²) in [7, 11) is 0. The fraction of sp³-hybridized carbons (Fsp3) is 0.222. The van der Waals surface area contributed by atoms with Crippen molar-refractivity contribution in [3.8, 4) is 5.75 Å². The van der Waals surface area contributed by atoms with Crippen LogP contribution in [0.5, 0.6) is 5.75 Å². The fourth-order valence-electron chi connectivity index (χ4n) is 5.50. The predicted molar refractivity (Wildman–Crippen MR) is 127 cm³/mol. The van der Waals surface area contributed by atoms with Gasteiger partial charge in [-0.2, -0.15) is 0 Å². The van der Waals surface area contributed by atoms with Crippen LogP contribution in [-0.2, 0) is 16.1 Å². The van der Waals surface area contributed by atoms with E-state index in [1.54, 1.807) is 36.4 Å². The van der Waals surface area contributed by atoms with Gasteiger partial charge in [-0.15, -0.1) is 0 Å². The van der Waals surface area contributed by atoms with Gasteiger partial charge in [0.2, 0.25) is 5.91 Å². The average molecular weight is 504 g/mol. The first-order chi connectivity index (χ1) is 16.0. The molecule has 5 rings (SSSR count). The van der Waals surface area contributed by atoms with Crippen LogP contribution >= 0.6 is 15.9 Å². The van der Waals surface area contributed by atoms with Crippen molar-refractivity contribution in [3.63, 3.8) is 0 Å². The van der Waals surface area contributed by atoms with E-state index in [2.05, 4.69) is 21.2 Å². The number of halogens is 1. The molecule has 3 atom stereocenters. The molecule has 1 aliphatic heterocycles. The monoisotopic (exact) mass is 503 g/mol. The first-order valence-electron chi connectivity index (χ1n) is 10.9. The number of ketones is 1. The van der Waals surface area contributed by atoms with Crippen LogP contribution in [0.3, 0.4) is 0 Å². The second-order valence-corrected chi connectivity index (χ2v) is 9.42. The predicted octanol–water partition coefficient (Wildman–Crippen LogP) is 5.05. The van der Waals surface area contributed by atoms with E-state index in [1.165, 1.54) is 0 Å². The Hall–Kier alpha value is -3.25. The number of hydrogen-bond donors (Lipinski definition) is 1.